The van der Waals surface area contributed by atoms with Gasteiger partial charge in [-0.3, -0.25) is 4.90 Å². The van der Waals surface area contributed by atoms with E-state index >= 15 is 0 Å². The molecule has 4 heterocycles. The quantitative estimate of drug-likeness (QED) is 0.735. The van der Waals surface area contributed by atoms with Crippen LogP contribution in [0.2, 0.25) is 0 Å². The van der Waals surface area contributed by atoms with Crippen LogP contribution in [-0.2, 0) is 13.0 Å². The van der Waals surface area contributed by atoms with Gasteiger partial charge in [-0.15, -0.1) is 0 Å². The van der Waals surface area contributed by atoms with Gasteiger partial charge in [-0.05, 0) is 44.0 Å². The van der Waals surface area contributed by atoms with Gasteiger partial charge >= 0.3 is 0 Å². The number of hydrogen-bond donors (Lipinski definition) is 1. The van der Waals surface area contributed by atoms with Gasteiger partial charge in [0, 0.05) is 30.3 Å². The molecule has 0 radical (unpaired) electrons. The van der Waals surface area contributed by atoms with Gasteiger partial charge in [-0.2, -0.15) is 0 Å². The summed E-state index contributed by atoms with van der Waals surface area (Å²) in [4.78, 5) is 11.9. The summed E-state index contributed by atoms with van der Waals surface area (Å²) in [6, 6.07) is 8.11. The summed E-state index contributed by atoms with van der Waals surface area (Å²) in [5, 5.41) is 11.0. The lowest BCUT2D eigenvalue weighted by Crippen LogP contribution is -2.39. The highest BCUT2D eigenvalue weighted by Gasteiger charge is 2.35. The Bertz CT molecular complexity index is 1030. The fraction of sp³-hybridized carbons (Fsp3) is 0.478. The minimum absolute atomic E-state index is 0.448. The molecule has 2 aromatic heterocycles. The van der Waals surface area contributed by atoms with Crippen molar-refractivity contribution in [2.75, 3.05) is 20.2 Å². The van der Waals surface area contributed by atoms with E-state index in [4.69, 9.17) is 9.72 Å². The molecule has 29 heavy (non-hydrogen) atoms. The van der Waals surface area contributed by atoms with E-state index < -0.39 is 6.10 Å². The number of aromatic nitrogens is 3. The number of aliphatic hydroxyl groups excluding tert-OH is 1. The second-order valence-corrected chi connectivity index (χ2v) is 8.21. The molecule has 6 heteroatoms. The predicted octanol–water partition coefficient (Wildman–Crippen LogP) is 3.57. The number of fused-ring (bicyclic) bond motifs is 5. The molecular weight excluding hydrogens is 364 g/mol. The van der Waals surface area contributed by atoms with Crippen LogP contribution in [0.4, 0.5) is 0 Å². The first-order valence-electron chi connectivity index (χ1n) is 10.6. The molecule has 2 aliphatic rings. The Balaban J connectivity index is 1.57. The van der Waals surface area contributed by atoms with Gasteiger partial charge in [0.2, 0.25) is 0 Å². The van der Waals surface area contributed by atoms with Gasteiger partial charge in [0.05, 0.1) is 37.0 Å². The summed E-state index contributed by atoms with van der Waals surface area (Å²) in [6.45, 7) is 4.72. The molecule has 0 saturated carbocycles. The third kappa shape index (κ3) is 3.20. The highest BCUT2D eigenvalue weighted by Crippen LogP contribution is 2.42. The van der Waals surface area contributed by atoms with Crippen molar-refractivity contribution < 1.29 is 9.84 Å². The molecule has 2 unspecified atom stereocenters. The molecule has 1 aromatic carbocycles. The third-order valence-corrected chi connectivity index (χ3v) is 6.51. The molecule has 0 bridgehead atoms. The van der Waals surface area contributed by atoms with Crippen LogP contribution in [0.5, 0.6) is 5.75 Å². The normalized spacial score (nSPS) is 20.3. The number of aliphatic hydroxyl groups is 1. The van der Waals surface area contributed by atoms with E-state index in [0.717, 1.165) is 41.1 Å². The summed E-state index contributed by atoms with van der Waals surface area (Å²) in [6.07, 6.45) is 6.09. The second kappa shape index (κ2) is 7.43. The average molecular weight is 393 g/mol. The summed E-state index contributed by atoms with van der Waals surface area (Å²) in [7, 11) is 1.65. The average Bonchev–Trinajstić information content (AvgIpc) is 3.07. The Kier molecular flexibility index (Phi) is 4.76. The zero-order valence-corrected chi connectivity index (χ0v) is 17.1. The zero-order valence-electron chi connectivity index (χ0n) is 17.1. The van der Waals surface area contributed by atoms with Gasteiger partial charge in [-0.1, -0.05) is 18.6 Å². The SMILES string of the molecule is COc1ccc(C(O)Cn2c3c(c4nc(C)ncc42)C2CCCCN2CC3)cc1. The van der Waals surface area contributed by atoms with Crippen LogP contribution in [-0.4, -0.2) is 44.7 Å². The standard InChI is InChI=1S/C23H28N4O2/c1-15-24-13-20-23(25-15)22-18-5-3-4-11-26(18)12-10-19(22)27(20)14-21(28)16-6-8-17(29-2)9-7-16/h6-9,13,18,21,28H,3-5,10-12,14H2,1-2H3. The topological polar surface area (TPSA) is 63.4 Å². The number of hydrogen-bond acceptors (Lipinski definition) is 5. The molecular formula is C23H28N4O2. The van der Waals surface area contributed by atoms with Gasteiger partial charge in [0.15, 0.2) is 0 Å². The van der Waals surface area contributed by atoms with E-state index in [9.17, 15) is 5.11 Å². The van der Waals surface area contributed by atoms with E-state index in [1.807, 2.05) is 37.4 Å². The van der Waals surface area contributed by atoms with Gasteiger partial charge < -0.3 is 14.4 Å². The van der Waals surface area contributed by atoms with E-state index in [-0.39, 0.29) is 0 Å². The summed E-state index contributed by atoms with van der Waals surface area (Å²) in [5.41, 5.74) is 5.71. The van der Waals surface area contributed by atoms with Gasteiger partial charge in [0.1, 0.15) is 11.6 Å². The summed E-state index contributed by atoms with van der Waals surface area (Å²) >= 11 is 0. The number of ether oxygens (including phenoxy) is 1. The van der Waals surface area contributed by atoms with Crippen LogP contribution >= 0.6 is 0 Å². The van der Waals surface area contributed by atoms with Crippen LogP contribution in [0.3, 0.4) is 0 Å². The number of nitrogens with zero attached hydrogens (tertiary/aromatic N) is 4. The highest BCUT2D eigenvalue weighted by atomic mass is 16.5. The van der Waals surface area contributed by atoms with Crippen molar-refractivity contribution in [3.05, 3.63) is 53.1 Å². The maximum Gasteiger partial charge on any atom is 0.126 e. The Morgan fingerprint density at radius 2 is 2.03 bits per heavy atom. The first kappa shape index (κ1) is 18.6. The first-order chi connectivity index (χ1) is 14.2. The lowest BCUT2D eigenvalue weighted by molar-refractivity contribution is 0.133. The second-order valence-electron chi connectivity index (χ2n) is 8.21. The maximum absolute atomic E-state index is 11.0. The van der Waals surface area contributed by atoms with Crippen LogP contribution in [0.1, 0.15) is 54.1 Å². The van der Waals surface area contributed by atoms with E-state index in [0.29, 0.717) is 12.6 Å². The number of methoxy groups -OCH3 is 1. The number of rotatable bonds is 4. The molecule has 2 aliphatic heterocycles. The Morgan fingerprint density at radius 1 is 1.21 bits per heavy atom. The van der Waals surface area contributed by atoms with Crippen molar-refractivity contribution in [3.8, 4) is 5.75 Å². The molecule has 1 N–H and O–H groups in total. The minimum Gasteiger partial charge on any atom is -0.497 e. The molecule has 5 rings (SSSR count). The van der Waals surface area contributed by atoms with Crippen molar-refractivity contribution in [1.29, 1.82) is 0 Å². The fourth-order valence-corrected chi connectivity index (χ4v) is 5.05. The molecule has 3 aromatic rings. The minimum atomic E-state index is -0.591. The molecule has 0 amide bonds. The van der Waals surface area contributed by atoms with Crippen LogP contribution in [0, 0.1) is 6.92 Å². The van der Waals surface area contributed by atoms with E-state index in [2.05, 4.69) is 14.5 Å². The molecule has 0 aliphatic carbocycles. The Hall–Kier alpha value is -2.44. The molecule has 2 atom stereocenters. The smallest absolute Gasteiger partial charge is 0.126 e. The Labute approximate surface area is 171 Å². The van der Waals surface area contributed by atoms with Crippen LogP contribution in [0.25, 0.3) is 11.0 Å². The van der Waals surface area contributed by atoms with Crippen molar-refractivity contribution >= 4 is 11.0 Å². The summed E-state index contributed by atoms with van der Waals surface area (Å²) in [5.74, 6) is 1.60. The monoisotopic (exact) mass is 392 g/mol. The lowest BCUT2D eigenvalue weighted by Gasteiger charge is -2.39. The van der Waals surface area contributed by atoms with Crippen LogP contribution in [0.15, 0.2) is 30.5 Å². The number of benzene rings is 1. The van der Waals surface area contributed by atoms with E-state index in [1.54, 1.807) is 7.11 Å². The highest BCUT2D eigenvalue weighted by molar-refractivity contribution is 5.82. The maximum atomic E-state index is 11.0. The van der Waals surface area contributed by atoms with Crippen molar-refractivity contribution in [3.63, 3.8) is 0 Å². The van der Waals surface area contributed by atoms with Crippen molar-refractivity contribution in [2.45, 2.75) is 51.3 Å². The molecule has 1 saturated heterocycles. The van der Waals surface area contributed by atoms with Crippen molar-refractivity contribution in [1.82, 2.24) is 19.4 Å². The molecule has 152 valence electrons. The van der Waals surface area contributed by atoms with Gasteiger partial charge in [0.25, 0.3) is 0 Å². The molecule has 0 spiro atoms. The van der Waals surface area contributed by atoms with Crippen molar-refractivity contribution in [2.24, 2.45) is 0 Å². The predicted molar refractivity (Wildman–Crippen MR) is 112 cm³/mol. The third-order valence-electron chi connectivity index (χ3n) is 6.51. The zero-order chi connectivity index (χ0) is 20.0. The molecule has 1 fully saturated rings. The van der Waals surface area contributed by atoms with Gasteiger partial charge in [-0.25, -0.2) is 9.97 Å². The number of piperidine rings is 1. The van der Waals surface area contributed by atoms with E-state index in [1.165, 1.54) is 37.1 Å². The largest absolute Gasteiger partial charge is 0.497 e. The van der Waals surface area contributed by atoms with Crippen LogP contribution < -0.4 is 4.74 Å². The number of aryl methyl sites for hydroxylation is 1. The summed E-state index contributed by atoms with van der Waals surface area (Å²) < 4.78 is 7.51. The fourth-order valence-electron chi connectivity index (χ4n) is 5.05. The Morgan fingerprint density at radius 3 is 2.83 bits per heavy atom. The lowest BCUT2D eigenvalue weighted by atomic mass is 9.90. The molecule has 6 nitrogen and oxygen atoms in total. The first-order valence-corrected chi connectivity index (χ1v) is 10.6.